The van der Waals surface area contributed by atoms with Crippen molar-refractivity contribution in [1.29, 1.82) is 0 Å². The van der Waals surface area contributed by atoms with Crippen molar-refractivity contribution in [3.05, 3.63) is 34.9 Å². The molecule has 2 heteroatoms. The van der Waals surface area contributed by atoms with Crippen molar-refractivity contribution in [2.75, 3.05) is 6.54 Å². The molecule has 2 N–H and O–H groups in total. The monoisotopic (exact) mass is 275 g/mol. The Morgan fingerprint density at radius 2 is 1.80 bits per heavy atom. The third-order valence-corrected chi connectivity index (χ3v) is 4.69. The zero-order chi connectivity index (χ0) is 14.4. The molecule has 20 heavy (non-hydrogen) atoms. The molecule has 1 atom stereocenters. The zero-order valence-electron chi connectivity index (χ0n) is 13.0. The van der Waals surface area contributed by atoms with Gasteiger partial charge in [0.1, 0.15) is 0 Å². The van der Waals surface area contributed by atoms with E-state index < -0.39 is 0 Å². The number of aliphatic hydroxyl groups excluding tert-OH is 1. The second-order valence-corrected chi connectivity index (χ2v) is 6.08. The van der Waals surface area contributed by atoms with E-state index in [1.807, 2.05) is 0 Å². The minimum atomic E-state index is -0.220. The first-order chi connectivity index (χ1) is 9.74. The Bertz CT molecular complexity index is 412. The van der Waals surface area contributed by atoms with E-state index in [1.165, 1.54) is 42.4 Å². The lowest BCUT2D eigenvalue weighted by atomic mass is 9.90. The molecule has 0 aliphatic heterocycles. The first-order valence-corrected chi connectivity index (χ1v) is 8.24. The highest BCUT2D eigenvalue weighted by molar-refractivity contribution is 5.33. The number of hydrogen-bond acceptors (Lipinski definition) is 2. The molecule has 0 saturated heterocycles. The zero-order valence-corrected chi connectivity index (χ0v) is 13.0. The van der Waals surface area contributed by atoms with Gasteiger partial charge in [0, 0.05) is 13.1 Å². The van der Waals surface area contributed by atoms with Crippen molar-refractivity contribution >= 4 is 0 Å². The second kappa shape index (κ2) is 7.80. The standard InChI is InChI=1S/C18H29NO/c1-3-15(4-2)18(20)13-19-12-14-9-10-16-7-5-6-8-17(16)11-14/h9-11,15,18-20H,3-8,12-13H2,1-2H3. The number of fused-ring (bicyclic) bond motifs is 1. The molecule has 0 fully saturated rings. The molecule has 0 amide bonds. The normalized spacial score (nSPS) is 16.2. The van der Waals surface area contributed by atoms with Crippen LogP contribution in [0.2, 0.25) is 0 Å². The van der Waals surface area contributed by atoms with E-state index in [4.69, 9.17) is 0 Å². The molecular weight excluding hydrogens is 246 g/mol. The molecule has 2 rings (SSSR count). The summed E-state index contributed by atoms with van der Waals surface area (Å²) in [6.45, 7) is 5.87. The fraction of sp³-hybridized carbons (Fsp3) is 0.667. The number of aliphatic hydroxyl groups is 1. The van der Waals surface area contributed by atoms with E-state index in [-0.39, 0.29) is 6.10 Å². The maximum absolute atomic E-state index is 10.1. The fourth-order valence-electron chi connectivity index (χ4n) is 3.26. The maximum Gasteiger partial charge on any atom is 0.0692 e. The lowest BCUT2D eigenvalue weighted by molar-refractivity contribution is 0.101. The van der Waals surface area contributed by atoms with Crippen molar-refractivity contribution in [2.24, 2.45) is 5.92 Å². The van der Waals surface area contributed by atoms with Crippen molar-refractivity contribution in [3.8, 4) is 0 Å². The minimum Gasteiger partial charge on any atom is -0.392 e. The van der Waals surface area contributed by atoms with E-state index in [0.717, 1.165) is 19.4 Å². The molecule has 1 unspecified atom stereocenters. The molecule has 1 aromatic carbocycles. The predicted octanol–water partition coefficient (Wildman–Crippen LogP) is 3.45. The Labute approximate surface area is 123 Å². The van der Waals surface area contributed by atoms with Gasteiger partial charge in [-0.2, -0.15) is 0 Å². The van der Waals surface area contributed by atoms with Crippen LogP contribution < -0.4 is 5.32 Å². The van der Waals surface area contributed by atoms with Crippen molar-refractivity contribution in [2.45, 2.75) is 65.0 Å². The first-order valence-electron chi connectivity index (χ1n) is 8.24. The largest absolute Gasteiger partial charge is 0.392 e. The molecule has 112 valence electrons. The summed E-state index contributed by atoms with van der Waals surface area (Å²) in [6.07, 6.45) is 7.04. The molecule has 0 saturated carbocycles. The molecule has 1 aliphatic rings. The van der Waals surface area contributed by atoms with Crippen LogP contribution in [0.4, 0.5) is 0 Å². The lowest BCUT2D eigenvalue weighted by Gasteiger charge is -2.21. The number of hydrogen-bond donors (Lipinski definition) is 2. The van der Waals surface area contributed by atoms with Crippen LogP contribution in [0, 0.1) is 5.92 Å². The van der Waals surface area contributed by atoms with Gasteiger partial charge in [-0.15, -0.1) is 0 Å². The SMILES string of the molecule is CCC(CC)C(O)CNCc1ccc2c(c1)CCCC2. The first kappa shape index (κ1) is 15.5. The molecule has 1 aliphatic carbocycles. The third-order valence-electron chi connectivity index (χ3n) is 4.69. The molecule has 0 spiro atoms. The molecule has 0 heterocycles. The Morgan fingerprint density at radius 3 is 2.50 bits per heavy atom. The van der Waals surface area contributed by atoms with Gasteiger partial charge < -0.3 is 10.4 Å². The van der Waals surface area contributed by atoms with Gasteiger partial charge in [0.05, 0.1) is 6.10 Å². The van der Waals surface area contributed by atoms with Gasteiger partial charge in [-0.1, -0.05) is 44.9 Å². The van der Waals surface area contributed by atoms with Crippen LogP contribution in [0.15, 0.2) is 18.2 Å². The van der Waals surface area contributed by atoms with Crippen LogP contribution in [0.3, 0.4) is 0 Å². The Balaban J connectivity index is 1.82. The predicted molar refractivity (Wildman–Crippen MR) is 84.9 cm³/mol. The minimum absolute atomic E-state index is 0.220. The maximum atomic E-state index is 10.1. The summed E-state index contributed by atoms with van der Waals surface area (Å²) < 4.78 is 0. The average molecular weight is 275 g/mol. The summed E-state index contributed by atoms with van der Waals surface area (Å²) in [7, 11) is 0. The third kappa shape index (κ3) is 4.07. The van der Waals surface area contributed by atoms with Crippen LogP contribution in [0.1, 0.15) is 56.2 Å². The topological polar surface area (TPSA) is 32.3 Å². The van der Waals surface area contributed by atoms with Crippen molar-refractivity contribution < 1.29 is 5.11 Å². The number of benzene rings is 1. The number of rotatable bonds is 7. The van der Waals surface area contributed by atoms with Gasteiger partial charge in [0.25, 0.3) is 0 Å². The number of aryl methyl sites for hydroxylation is 2. The summed E-state index contributed by atoms with van der Waals surface area (Å²) in [6, 6.07) is 6.88. The number of nitrogens with one attached hydrogen (secondary N) is 1. The summed E-state index contributed by atoms with van der Waals surface area (Å²) in [5.74, 6) is 0.422. The van der Waals surface area contributed by atoms with Crippen LogP contribution in [0.5, 0.6) is 0 Å². The van der Waals surface area contributed by atoms with E-state index in [1.54, 1.807) is 0 Å². The van der Waals surface area contributed by atoms with Crippen LogP contribution >= 0.6 is 0 Å². The summed E-state index contributed by atoms with van der Waals surface area (Å²) >= 11 is 0. The van der Waals surface area contributed by atoms with E-state index in [0.29, 0.717) is 12.5 Å². The Morgan fingerprint density at radius 1 is 1.10 bits per heavy atom. The molecule has 0 radical (unpaired) electrons. The quantitative estimate of drug-likeness (QED) is 0.799. The van der Waals surface area contributed by atoms with Crippen LogP contribution in [0.25, 0.3) is 0 Å². The van der Waals surface area contributed by atoms with E-state index >= 15 is 0 Å². The van der Waals surface area contributed by atoms with Gasteiger partial charge >= 0.3 is 0 Å². The van der Waals surface area contributed by atoms with E-state index in [2.05, 4.69) is 37.4 Å². The molecule has 1 aromatic rings. The Kier molecular flexibility index (Phi) is 6.06. The van der Waals surface area contributed by atoms with E-state index in [9.17, 15) is 5.11 Å². The molecule has 2 nitrogen and oxygen atoms in total. The lowest BCUT2D eigenvalue weighted by Crippen LogP contribution is -2.32. The van der Waals surface area contributed by atoms with Gasteiger partial charge in [0.2, 0.25) is 0 Å². The van der Waals surface area contributed by atoms with Crippen LogP contribution in [-0.2, 0) is 19.4 Å². The Hall–Kier alpha value is -0.860. The average Bonchev–Trinajstić information content (AvgIpc) is 2.48. The second-order valence-electron chi connectivity index (χ2n) is 6.08. The molecular formula is C18H29NO. The smallest absolute Gasteiger partial charge is 0.0692 e. The fourth-order valence-corrected chi connectivity index (χ4v) is 3.26. The highest BCUT2D eigenvalue weighted by Crippen LogP contribution is 2.22. The van der Waals surface area contributed by atoms with Crippen molar-refractivity contribution in [1.82, 2.24) is 5.32 Å². The molecule has 0 aromatic heterocycles. The van der Waals surface area contributed by atoms with Gasteiger partial charge in [-0.25, -0.2) is 0 Å². The highest BCUT2D eigenvalue weighted by Gasteiger charge is 2.15. The van der Waals surface area contributed by atoms with Gasteiger partial charge in [-0.05, 0) is 48.3 Å². The summed E-state index contributed by atoms with van der Waals surface area (Å²) in [4.78, 5) is 0. The molecule has 0 bridgehead atoms. The van der Waals surface area contributed by atoms with Gasteiger partial charge in [-0.3, -0.25) is 0 Å². The van der Waals surface area contributed by atoms with Crippen LogP contribution in [-0.4, -0.2) is 17.8 Å². The highest BCUT2D eigenvalue weighted by atomic mass is 16.3. The summed E-state index contributed by atoms with van der Waals surface area (Å²) in [5.41, 5.74) is 4.43. The van der Waals surface area contributed by atoms with Gasteiger partial charge in [0.15, 0.2) is 0 Å². The summed E-state index contributed by atoms with van der Waals surface area (Å²) in [5, 5.41) is 13.5. The van der Waals surface area contributed by atoms with Crippen molar-refractivity contribution in [3.63, 3.8) is 0 Å².